The van der Waals surface area contributed by atoms with Crippen molar-refractivity contribution < 1.29 is 14.5 Å². The van der Waals surface area contributed by atoms with Crippen molar-refractivity contribution in [2.24, 2.45) is 0 Å². The van der Waals surface area contributed by atoms with Gasteiger partial charge in [0.1, 0.15) is 6.54 Å². The third-order valence-electron chi connectivity index (χ3n) is 3.85. The Morgan fingerprint density at radius 1 is 1.08 bits per heavy atom. The summed E-state index contributed by atoms with van der Waals surface area (Å²) in [5.41, 5.74) is 2.60. The van der Waals surface area contributed by atoms with Gasteiger partial charge in [0.2, 0.25) is 0 Å². The summed E-state index contributed by atoms with van der Waals surface area (Å²) in [4.78, 5) is 24.7. The molecule has 0 aliphatic carbocycles. The van der Waals surface area contributed by atoms with Gasteiger partial charge in [-0.1, -0.05) is 41.9 Å². The van der Waals surface area contributed by atoms with E-state index >= 15 is 0 Å². The number of benzene rings is 2. The first kappa shape index (κ1) is 19.0. The van der Waals surface area contributed by atoms with Gasteiger partial charge < -0.3 is 15.5 Å². The molecule has 2 amide bonds. The number of halogens is 1. The summed E-state index contributed by atoms with van der Waals surface area (Å²) in [5.74, 6) is -0.134. The van der Waals surface area contributed by atoms with E-state index in [4.69, 9.17) is 11.6 Å². The van der Waals surface area contributed by atoms with Crippen molar-refractivity contribution in [3.8, 4) is 0 Å². The van der Waals surface area contributed by atoms with Crippen molar-refractivity contribution >= 4 is 23.4 Å². The summed E-state index contributed by atoms with van der Waals surface area (Å²) in [6.45, 7) is 1.49. The normalized spacial score (nSPS) is 11.6. The highest BCUT2D eigenvalue weighted by Crippen LogP contribution is 2.14. The van der Waals surface area contributed by atoms with Crippen LogP contribution in [0.1, 0.15) is 21.5 Å². The number of likely N-dealkylation sites (N-methyl/N-ethyl adjacent to an activating group) is 1. The molecule has 0 radical (unpaired) electrons. The number of amides is 2. The van der Waals surface area contributed by atoms with Crippen molar-refractivity contribution in [2.75, 3.05) is 20.6 Å². The Kier molecular flexibility index (Phi) is 6.98. The van der Waals surface area contributed by atoms with Crippen LogP contribution in [0.2, 0.25) is 5.02 Å². The van der Waals surface area contributed by atoms with Crippen LogP contribution in [0.5, 0.6) is 0 Å². The number of carbonyl (C=O) groups excluding carboxylic acids is 2. The lowest BCUT2D eigenvalue weighted by Gasteiger charge is -2.14. The van der Waals surface area contributed by atoms with Gasteiger partial charge in [-0.25, -0.2) is 0 Å². The molecule has 0 heterocycles. The number of hydrogen-bond acceptors (Lipinski definition) is 2. The third kappa shape index (κ3) is 5.89. The maximum absolute atomic E-state index is 12.1. The molecular weight excluding hydrogens is 338 g/mol. The van der Waals surface area contributed by atoms with Gasteiger partial charge in [-0.2, -0.15) is 0 Å². The molecule has 1 atom stereocenters. The zero-order valence-corrected chi connectivity index (χ0v) is 15.2. The van der Waals surface area contributed by atoms with Gasteiger partial charge in [0, 0.05) is 29.7 Å². The Morgan fingerprint density at radius 3 is 2.40 bits per heavy atom. The average molecular weight is 361 g/mol. The summed E-state index contributed by atoms with van der Waals surface area (Å²) in [7, 11) is 3.57. The Hall–Kier alpha value is -2.37. The van der Waals surface area contributed by atoms with E-state index in [9.17, 15) is 9.59 Å². The van der Waals surface area contributed by atoms with Crippen LogP contribution in [0, 0.1) is 0 Å². The SMILES string of the molecule is CNC(=O)c1ccc(C[NH+](C)CC(=O)NCc2ccccc2Cl)cc1. The summed E-state index contributed by atoms with van der Waals surface area (Å²) in [6, 6.07) is 14.9. The second-order valence-electron chi connectivity index (χ2n) is 5.95. The van der Waals surface area contributed by atoms with Crippen LogP contribution in [0.3, 0.4) is 0 Å². The van der Waals surface area contributed by atoms with Crippen molar-refractivity contribution in [1.29, 1.82) is 0 Å². The number of quaternary nitrogens is 1. The van der Waals surface area contributed by atoms with Gasteiger partial charge in [0.15, 0.2) is 6.54 Å². The molecular formula is C19H23ClN3O2+. The van der Waals surface area contributed by atoms with Crippen LogP contribution in [-0.2, 0) is 17.9 Å². The van der Waals surface area contributed by atoms with Crippen molar-refractivity contribution in [1.82, 2.24) is 10.6 Å². The van der Waals surface area contributed by atoms with Crippen molar-refractivity contribution in [3.05, 3.63) is 70.2 Å². The number of hydrogen-bond donors (Lipinski definition) is 3. The molecule has 5 nitrogen and oxygen atoms in total. The molecule has 2 rings (SSSR count). The lowest BCUT2D eigenvalue weighted by Crippen LogP contribution is -3.08. The molecule has 132 valence electrons. The predicted molar refractivity (Wildman–Crippen MR) is 98.6 cm³/mol. The molecule has 0 saturated heterocycles. The highest BCUT2D eigenvalue weighted by molar-refractivity contribution is 6.31. The van der Waals surface area contributed by atoms with Gasteiger partial charge >= 0.3 is 0 Å². The zero-order valence-electron chi connectivity index (χ0n) is 14.4. The standard InChI is InChI=1S/C19H22ClN3O2/c1-21-19(25)15-9-7-14(8-10-15)12-23(2)13-18(24)22-11-16-5-3-4-6-17(16)20/h3-10H,11-13H2,1-2H3,(H,21,25)(H,22,24)/p+1. The smallest absolute Gasteiger partial charge is 0.275 e. The lowest BCUT2D eigenvalue weighted by atomic mass is 10.1. The minimum atomic E-state index is -0.105. The van der Waals surface area contributed by atoms with Crippen LogP contribution in [-0.4, -0.2) is 32.5 Å². The first-order chi connectivity index (χ1) is 12.0. The molecule has 0 bridgehead atoms. The topological polar surface area (TPSA) is 62.6 Å². The van der Waals surface area contributed by atoms with Gasteiger partial charge in [-0.3, -0.25) is 9.59 Å². The molecule has 3 N–H and O–H groups in total. The molecule has 0 aliphatic rings. The Labute approximate surface area is 153 Å². The summed E-state index contributed by atoms with van der Waals surface area (Å²) >= 11 is 6.08. The van der Waals surface area contributed by atoms with E-state index in [1.54, 1.807) is 19.2 Å². The lowest BCUT2D eigenvalue weighted by molar-refractivity contribution is -0.885. The van der Waals surface area contributed by atoms with E-state index in [1.807, 2.05) is 43.4 Å². The van der Waals surface area contributed by atoms with Gasteiger partial charge in [-0.05, 0) is 23.8 Å². The molecule has 0 saturated carbocycles. The second kappa shape index (κ2) is 9.20. The Bertz CT molecular complexity index is 732. The molecule has 6 heteroatoms. The largest absolute Gasteiger partial charge is 0.355 e. The highest BCUT2D eigenvalue weighted by atomic mass is 35.5. The van der Waals surface area contributed by atoms with Crippen LogP contribution in [0.4, 0.5) is 0 Å². The minimum absolute atomic E-state index is 0.0283. The average Bonchev–Trinajstić information content (AvgIpc) is 2.61. The van der Waals surface area contributed by atoms with E-state index < -0.39 is 0 Å². The first-order valence-electron chi connectivity index (χ1n) is 8.12. The van der Waals surface area contributed by atoms with Crippen molar-refractivity contribution in [2.45, 2.75) is 13.1 Å². The van der Waals surface area contributed by atoms with Gasteiger partial charge in [0.05, 0.1) is 7.05 Å². The van der Waals surface area contributed by atoms with E-state index in [0.29, 0.717) is 30.2 Å². The van der Waals surface area contributed by atoms with Gasteiger partial charge in [-0.15, -0.1) is 0 Å². The van der Waals surface area contributed by atoms with Crippen LogP contribution in [0.15, 0.2) is 48.5 Å². The first-order valence-corrected chi connectivity index (χ1v) is 8.50. The van der Waals surface area contributed by atoms with E-state index in [0.717, 1.165) is 16.0 Å². The van der Waals surface area contributed by atoms with Crippen LogP contribution in [0.25, 0.3) is 0 Å². The monoisotopic (exact) mass is 360 g/mol. The van der Waals surface area contributed by atoms with Crippen LogP contribution >= 0.6 is 11.6 Å². The maximum Gasteiger partial charge on any atom is 0.275 e. The Balaban J connectivity index is 1.81. The summed E-state index contributed by atoms with van der Waals surface area (Å²) in [6.07, 6.45) is 0. The van der Waals surface area contributed by atoms with Crippen LogP contribution < -0.4 is 15.5 Å². The fourth-order valence-electron chi connectivity index (χ4n) is 2.50. The van der Waals surface area contributed by atoms with E-state index in [1.165, 1.54) is 0 Å². The molecule has 0 aromatic heterocycles. The second-order valence-corrected chi connectivity index (χ2v) is 6.36. The number of carbonyl (C=O) groups is 2. The molecule has 25 heavy (non-hydrogen) atoms. The molecule has 2 aromatic rings. The Morgan fingerprint density at radius 2 is 1.76 bits per heavy atom. The van der Waals surface area contributed by atoms with E-state index in [-0.39, 0.29) is 11.8 Å². The molecule has 1 unspecified atom stereocenters. The molecule has 0 aliphatic heterocycles. The minimum Gasteiger partial charge on any atom is -0.355 e. The highest BCUT2D eigenvalue weighted by Gasteiger charge is 2.11. The quantitative estimate of drug-likeness (QED) is 0.690. The number of nitrogens with one attached hydrogen (secondary N) is 3. The molecule has 2 aromatic carbocycles. The van der Waals surface area contributed by atoms with Crippen molar-refractivity contribution in [3.63, 3.8) is 0 Å². The molecule has 0 fully saturated rings. The third-order valence-corrected chi connectivity index (χ3v) is 4.21. The predicted octanol–water partition coefficient (Wildman–Crippen LogP) is 1.03. The molecule has 0 spiro atoms. The fraction of sp³-hybridized carbons (Fsp3) is 0.263. The fourth-order valence-corrected chi connectivity index (χ4v) is 2.70. The van der Waals surface area contributed by atoms with Gasteiger partial charge in [0.25, 0.3) is 11.8 Å². The zero-order chi connectivity index (χ0) is 18.2. The summed E-state index contributed by atoms with van der Waals surface area (Å²) < 4.78 is 0. The van der Waals surface area contributed by atoms with E-state index in [2.05, 4.69) is 10.6 Å². The summed E-state index contributed by atoms with van der Waals surface area (Å²) in [5, 5.41) is 6.14. The number of rotatable bonds is 7. The maximum atomic E-state index is 12.1.